The van der Waals surface area contributed by atoms with E-state index in [1.165, 1.54) is 0 Å². The van der Waals surface area contributed by atoms with Crippen LogP contribution in [0.15, 0.2) is 18.3 Å². The highest BCUT2D eigenvalue weighted by molar-refractivity contribution is 5.54. The van der Waals surface area contributed by atoms with Crippen LogP contribution in [0.3, 0.4) is 0 Å². The van der Waals surface area contributed by atoms with Crippen LogP contribution in [0, 0.1) is 6.92 Å². The standard InChI is InChI=1S/C9H11N3O/c1-6-9(13-2)12-4-3-7(10)5-8(12)11-6/h3-5H,10H2,1-2H3. The van der Waals surface area contributed by atoms with Crippen LogP contribution in [0.25, 0.3) is 5.65 Å². The number of nitrogen functional groups attached to an aromatic ring is 1. The molecule has 0 bridgehead atoms. The quantitative estimate of drug-likeness (QED) is 0.712. The van der Waals surface area contributed by atoms with Crippen LogP contribution in [-0.4, -0.2) is 16.5 Å². The van der Waals surface area contributed by atoms with Gasteiger partial charge in [-0.1, -0.05) is 0 Å². The van der Waals surface area contributed by atoms with Gasteiger partial charge in [-0.05, 0) is 13.0 Å². The predicted molar refractivity (Wildman–Crippen MR) is 50.9 cm³/mol. The van der Waals surface area contributed by atoms with Gasteiger partial charge >= 0.3 is 0 Å². The van der Waals surface area contributed by atoms with Crippen molar-refractivity contribution in [2.75, 3.05) is 12.8 Å². The lowest BCUT2D eigenvalue weighted by molar-refractivity contribution is 0.391. The summed E-state index contributed by atoms with van der Waals surface area (Å²) in [5, 5.41) is 0. The number of fused-ring (bicyclic) bond motifs is 1. The summed E-state index contributed by atoms with van der Waals surface area (Å²) in [6.45, 7) is 1.90. The summed E-state index contributed by atoms with van der Waals surface area (Å²) in [5.41, 5.74) is 8.02. The normalized spacial score (nSPS) is 10.6. The summed E-state index contributed by atoms with van der Waals surface area (Å²) in [6.07, 6.45) is 1.85. The van der Waals surface area contributed by atoms with E-state index in [9.17, 15) is 0 Å². The molecule has 13 heavy (non-hydrogen) atoms. The summed E-state index contributed by atoms with van der Waals surface area (Å²) in [7, 11) is 1.63. The lowest BCUT2D eigenvalue weighted by atomic mass is 10.4. The number of pyridine rings is 1. The highest BCUT2D eigenvalue weighted by Crippen LogP contribution is 2.20. The van der Waals surface area contributed by atoms with Crippen molar-refractivity contribution in [2.45, 2.75) is 6.92 Å². The number of aryl methyl sites for hydroxylation is 1. The first-order chi connectivity index (χ1) is 6.22. The number of nitrogens with two attached hydrogens (primary N) is 1. The van der Waals surface area contributed by atoms with Gasteiger partial charge in [-0.3, -0.25) is 4.40 Å². The summed E-state index contributed by atoms with van der Waals surface area (Å²) in [6, 6.07) is 3.63. The Kier molecular flexibility index (Phi) is 1.62. The molecule has 0 saturated carbocycles. The molecule has 0 aliphatic rings. The molecule has 2 N–H and O–H groups in total. The third-order valence-electron chi connectivity index (χ3n) is 1.96. The Bertz CT molecular complexity index is 447. The van der Waals surface area contributed by atoms with Crippen molar-refractivity contribution in [3.05, 3.63) is 24.0 Å². The molecule has 0 radical (unpaired) electrons. The summed E-state index contributed by atoms with van der Waals surface area (Å²) in [4.78, 5) is 4.30. The molecule has 4 nitrogen and oxygen atoms in total. The van der Waals surface area contributed by atoms with E-state index in [2.05, 4.69) is 4.98 Å². The zero-order valence-electron chi connectivity index (χ0n) is 7.61. The topological polar surface area (TPSA) is 52.5 Å². The second kappa shape index (κ2) is 2.65. The van der Waals surface area contributed by atoms with Gasteiger partial charge in [0, 0.05) is 18.0 Å². The molecule has 0 spiro atoms. The minimum Gasteiger partial charge on any atom is -0.481 e. The van der Waals surface area contributed by atoms with Gasteiger partial charge in [-0.15, -0.1) is 0 Å². The average molecular weight is 177 g/mol. The predicted octanol–water partition coefficient (Wildman–Crippen LogP) is 1.23. The third-order valence-corrected chi connectivity index (χ3v) is 1.96. The molecule has 2 aromatic rings. The van der Waals surface area contributed by atoms with E-state index in [0.717, 1.165) is 17.2 Å². The Labute approximate surface area is 76.0 Å². The fraction of sp³-hybridized carbons (Fsp3) is 0.222. The summed E-state index contributed by atoms with van der Waals surface area (Å²) >= 11 is 0. The highest BCUT2D eigenvalue weighted by atomic mass is 16.5. The van der Waals surface area contributed by atoms with Crippen LogP contribution >= 0.6 is 0 Å². The van der Waals surface area contributed by atoms with E-state index in [-0.39, 0.29) is 0 Å². The molecule has 0 saturated heterocycles. The number of anilines is 1. The van der Waals surface area contributed by atoms with E-state index in [4.69, 9.17) is 10.5 Å². The van der Waals surface area contributed by atoms with Gasteiger partial charge < -0.3 is 10.5 Å². The molecule has 4 heteroatoms. The van der Waals surface area contributed by atoms with Crippen molar-refractivity contribution in [1.82, 2.24) is 9.38 Å². The number of methoxy groups -OCH3 is 1. The lowest BCUT2D eigenvalue weighted by Crippen LogP contribution is -1.92. The molecule has 0 aliphatic heterocycles. The molecule has 68 valence electrons. The zero-order valence-corrected chi connectivity index (χ0v) is 7.61. The van der Waals surface area contributed by atoms with Gasteiger partial charge in [0.2, 0.25) is 5.88 Å². The third kappa shape index (κ3) is 1.11. The molecule has 0 aromatic carbocycles. The number of ether oxygens (including phenoxy) is 1. The molecule has 0 unspecified atom stereocenters. The van der Waals surface area contributed by atoms with E-state index in [1.807, 2.05) is 29.7 Å². The van der Waals surface area contributed by atoms with Gasteiger partial charge in [0.25, 0.3) is 0 Å². The zero-order chi connectivity index (χ0) is 9.42. The Morgan fingerprint density at radius 2 is 2.31 bits per heavy atom. The second-order valence-electron chi connectivity index (χ2n) is 2.89. The van der Waals surface area contributed by atoms with Crippen molar-refractivity contribution in [3.63, 3.8) is 0 Å². The van der Waals surface area contributed by atoms with Crippen LogP contribution in [0.5, 0.6) is 5.88 Å². The summed E-state index contributed by atoms with van der Waals surface area (Å²) in [5.74, 6) is 0.759. The van der Waals surface area contributed by atoms with Crippen LogP contribution in [-0.2, 0) is 0 Å². The lowest BCUT2D eigenvalue weighted by Gasteiger charge is -2.00. The molecule has 0 fully saturated rings. The van der Waals surface area contributed by atoms with Crippen LogP contribution in [0.1, 0.15) is 5.69 Å². The number of rotatable bonds is 1. The Morgan fingerprint density at radius 1 is 1.54 bits per heavy atom. The van der Waals surface area contributed by atoms with E-state index in [1.54, 1.807) is 7.11 Å². The van der Waals surface area contributed by atoms with Crippen molar-refractivity contribution < 1.29 is 4.74 Å². The Morgan fingerprint density at radius 3 is 3.00 bits per heavy atom. The number of hydrogen-bond donors (Lipinski definition) is 1. The van der Waals surface area contributed by atoms with Crippen LogP contribution in [0.4, 0.5) is 5.69 Å². The Balaban J connectivity index is 2.79. The molecule has 2 rings (SSSR count). The number of nitrogens with zero attached hydrogens (tertiary/aromatic N) is 2. The average Bonchev–Trinajstić information content (AvgIpc) is 2.39. The molecule has 0 amide bonds. The van der Waals surface area contributed by atoms with Gasteiger partial charge in [0.1, 0.15) is 11.3 Å². The molecular formula is C9H11N3O. The SMILES string of the molecule is COc1c(C)nc2cc(N)ccn12. The van der Waals surface area contributed by atoms with E-state index >= 15 is 0 Å². The first-order valence-electron chi connectivity index (χ1n) is 4.00. The second-order valence-corrected chi connectivity index (χ2v) is 2.89. The minimum atomic E-state index is 0.708. The highest BCUT2D eigenvalue weighted by Gasteiger charge is 2.07. The minimum absolute atomic E-state index is 0.708. The molecule has 2 aromatic heterocycles. The number of hydrogen-bond acceptors (Lipinski definition) is 3. The maximum absolute atomic E-state index is 5.63. The van der Waals surface area contributed by atoms with Crippen molar-refractivity contribution in [3.8, 4) is 5.88 Å². The number of aromatic nitrogens is 2. The van der Waals surface area contributed by atoms with E-state index < -0.39 is 0 Å². The van der Waals surface area contributed by atoms with Gasteiger partial charge in [-0.25, -0.2) is 4.98 Å². The summed E-state index contributed by atoms with van der Waals surface area (Å²) < 4.78 is 7.06. The van der Waals surface area contributed by atoms with Gasteiger partial charge in [-0.2, -0.15) is 0 Å². The van der Waals surface area contributed by atoms with Gasteiger partial charge in [0.15, 0.2) is 0 Å². The Hall–Kier alpha value is -1.71. The van der Waals surface area contributed by atoms with E-state index in [0.29, 0.717) is 5.69 Å². The van der Waals surface area contributed by atoms with Crippen molar-refractivity contribution in [2.24, 2.45) is 0 Å². The maximum atomic E-state index is 5.63. The first kappa shape index (κ1) is 7.91. The van der Waals surface area contributed by atoms with Crippen LogP contribution < -0.4 is 10.5 Å². The molecule has 0 atom stereocenters. The van der Waals surface area contributed by atoms with Gasteiger partial charge in [0.05, 0.1) is 7.11 Å². The maximum Gasteiger partial charge on any atom is 0.221 e. The number of imidazole rings is 1. The first-order valence-corrected chi connectivity index (χ1v) is 4.00. The van der Waals surface area contributed by atoms with Crippen molar-refractivity contribution >= 4 is 11.3 Å². The molecule has 0 aliphatic carbocycles. The smallest absolute Gasteiger partial charge is 0.221 e. The fourth-order valence-corrected chi connectivity index (χ4v) is 1.40. The largest absolute Gasteiger partial charge is 0.481 e. The fourth-order valence-electron chi connectivity index (χ4n) is 1.40. The monoisotopic (exact) mass is 177 g/mol. The van der Waals surface area contributed by atoms with Crippen LogP contribution in [0.2, 0.25) is 0 Å². The molecule has 2 heterocycles. The van der Waals surface area contributed by atoms with Crippen molar-refractivity contribution in [1.29, 1.82) is 0 Å². The molecular weight excluding hydrogens is 166 g/mol.